The lowest BCUT2D eigenvalue weighted by molar-refractivity contribution is 0.550. The van der Waals surface area contributed by atoms with Crippen molar-refractivity contribution in [2.45, 2.75) is 81.1 Å². The summed E-state index contributed by atoms with van der Waals surface area (Å²) in [5.41, 5.74) is 5.69. The summed E-state index contributed by atoms with van der Waals surface area (Å²) in [6.07, 6.45) is 5.24. The molecule has 0 aromatic rings. The first-order chi connectivity index (χ1) is 7.92. The molecule has 0 aliphatic heterocycles. The van der Waals surface area contributed by atoms with E-state index in [1.165, 1.54) is 19.3 Å². The van der Waals surface area contributed by atoms with Crippen molar-refractivity contribution in [3.63, 3.8) is 0 Å². The molecule has 0 heterocycles. The first-order valence-corrected chi connectivity index (χ1v) is 7.14. The van der Waals surface area contributed by atoms with Crippen molar-refractivity contribution in [1.82, 2.24) is 0 Å². The highest BCUT2D eigenvalue weighted by Crippen LogP contribution is 2.04. The summed E-state index contributed by atoms with van der Waals surface area (Å²) < 4.78 is 0. The highest BCUT2D eigenvalue weighted by atomic mass is 14.5. The second-order valence-corrected chi connectivity index (χ2v) is 4.32. The second-order valence-electron chi connectivity index (χ2n) is 4.32. The SMILES string of the molecule is CC.CC(C)=N.CCCCC(C)C.CCCN. The Morgan fingerprint density at radius 2 is 1.35 bits per heavy atom. The molecule has 17 heavy (non-hydrogen) atoms. The molecule has 0 rings (SSSR count). The van der Waals surface area contributed by atoms with Crippen molar-refractivity contribution >= 4 is 5.71 Å². The van der Waals surface area contributed by atoms with E-state index in [0.717, 1.165) is 18.9 Å². The van der Waals surface area contributed by atoms with Crippen LogP contribution >= 0.6 is 0 Å². The fraction of sp³-hybridized carbons (Fsp3) is 0.933. The highest BCUT2D eigenvalue weighted by Gasteiger charge is 1.88. The zero-order chi connectivity index (χ0) is 14.7. The average molecular weight is 246 g/mol. The van der Waals surface area contributed by atoms with E-state index in [2.05, 4.69) is 27.7 Å². The maximum Gasteiger partial charge on any atom is 0.00272 e. The van der Waals surface area contributed by atoms with Crippen LogP contribution < -0.4 is 5.73 Å². The third-order valence-electron chi connectivity index (χ3n) is 1.42. The number of hydrogen-bond donors (Lipinski definition) is 2. The van der Waals surface area contributed by atoms with Gasteiger partial charge in [-0.15, -0.1) is 0 Å². The van der Waals surface area contributed by atoms with Gasteiger partial charge >= 0.3 is 0 Å². The van der Waals surface area contributed by atoms with Crippen LogP contribution in [-0.2, 0) is 0 Å². The maximum atomic E-state index is 6.50. The van der Waals surface area contributed by atoms with Crippen LogP contribution in [0.4, 0.5) is 0 Å². The summed E-state index contributed by atoms with van der Waals surface area (Å²) in [5.74, 6) is 0.903. The second kappa shape index (κ2) is 29.6. The van der Waals surface area contributed by atoms with Crippen LogP contribution in [0.15, 0.2) is 0 Å². The van der Waals surface area contributed by atoms with Crippen molar-refractivity contribution in [3.8, 4) is 0 Å². The largest absolute Gasteiger partial charge is 0.330 e. The first-order valence-electron chi connectivity index (χ1n) is 7.14. The van der Waals surface area contributed by atoms with Gasteiger partial charge in [-0.05, 0) is 32.7 Å². The molecular formula is C15H38N2. The number of rotatable bonds is 4. The summed E-state index contributed by atoms with van der Waals surface area (Å²) in [7, 11) is 0. The molecule has 0 fully saturated rings. The Bertz CT molecular complexity index is 103. The van der Waals surface area contributed by atoms with Crippen LogP contribution in [0.2, 0.25) is 0 Å². The van der Waals surface area contributed by atoms with Crippen LogP contribution in [0, 0.1) is 11.3 Å². The Morgan fingerprint density at radius 3 is 1.41 bits per heavy atom. The van der Waals surface area contributed by atoms with Crippen molar-refractivity contribution in [2.75, 3.05) is 6.54 Å². The summed E-state index contributed by atoms with van der Waals surface area (Å²) in [5, 5.41) is 6.50. The smallest absolute Gasteiger partial charge is 0.00272 e. The molecule has 0 saturated heterocycles. The van der Waals surface area contributed by atoms with Gasteiger partial charge in [0.15, 0.2) is 0 Å². The van der Waals surface area contributed by atoms with Gasteiger partial charge in [-0.3, -0.25) is 0 Å². The Labute approximate surface area is 111 Å². The highest BCUT2D eigenvalue weighted by molar-refractivity contribution is 5.75. The molecule has 0 radical (unpaired) electrons. The van der Waals surface area contributed by atoms with Gasteiger partial charge in [0, 0.05) is 5.71 Å². The van der Waals surface area contributed by atoms with E-state index in [1.807, 2.05) is 13.8 Å². The van der Waals surface area contributed by atoms with E-state index in [-0.39, 0.29) is 0 Å². The molecule has 0 aromatic heterocycles. The summed E-state index contributed by atoms with van der Waals surface area (Å²) in [6, 6.07) is 0. The van der Waals surface area contributed by atoms with E-state index in [9.17, 15) is 0 Å². The van der Waals surface area contributed by atoms with Crippen LogP contribution in [-0.4, -0.2) is 12.3 Å². The summed E-state index contributed by atoms with van der Waals surface area (Å²) >= 11 is 0. The zero-order valence-corrected chi connectivity index (χ0v) is 13.7. The van der Waals surface area contributed by atoms with E-state index in [0.29, 0.717) is 5.71 Å². The molecule has 0 aromatic carbocycles. The molecule has 0 saturated carbocycles. The Morgan fingerprint density at radius 1 is 1.06 bits per heavy atom. The summed E-state index contributed by atoms with van der Waals surface area (Å²) in [6.45, 7) is 17.2. The van der Waals surface area contributed by atoms with Gasteiger partial charge in [0.25, 0.3) is 0 Å². The minimum Gasteiger partial charge on any atom is -0.330 e. The Hall–Kier alpha value is -0.370. The molecule has 0 aliphatic carbocycles. The third-order valence-corrected chi connectivity index (χ3v) is 1.42. The monoisotopic (exact) mass is 246 g/mol. The van der Waals surface area contributed by atoms with Gasteiger partial charge in [0.05, 0.1) is 0 Å². The molecular weight excluding hydrogens is 208 g/mol. The van der Waals surface area contributed by atoms with Crippen molar-refractivity contribution < 1.29 is 0 Å². The fourth-order valence-electron chi connectivity index (χ4n) is 0.612. The Balaban J connectivity index is -0.0000000733. The van der Waals surface area contributed by atoms with Crippen LogP contribution in [0.1, 0.15) is 81.1 Å². The topological polar surface area (TPSA) is 49.9 Å². The van der Waals surface area contributed by atoms with E-state index in [1.54, 1.807) is 13.8 Å². The molecule has 2 nitrogen and oxygen atoms in total. The minimum atomic E-state index is 0.667. The van der Waals surface area contributed by atoms with Gasteiger partial charge in [-0.25, -0.2) is 0 Å². The lowest BCUT2D eigenvalue weighted by Gasteiger charge is -1.98. The zero-order valence-electron chi connectivity index (χ0n) is 13.7. The molecule has 0 unspecified atom stereocenters. The minimum absolute atomic E-state index is 0.667. The molecule has 0 atom stereocenters. The molecule has 2 heteroatoms. The van der Waals surface area contributed by atoms with Gasteiger partial charge in [-0.2, -0.15) is 0 Å². The normalized spacial score (nSPS) is 7.88. The standard InChI is InChI=1S/C7H16.C3H7N.C3H9N.C2H6/c1-4-5-6-7(2)3;1-3(2)4;1-2-3-4;1-2/h7H,4-6H2,1-3H3;4H,1-2H3;2-4H2,1H3;1-2H3. The van der Waals surface area contributed by atoms with E-state index in [4.69, 9.17) is 11.1 Å². The van der Waals surface area contributed by atoms with Gasteiger partial charge in [0.1, 0.15) is 0 Å². The lowest BCUT2D eigenvalue weighted by Crippen LogP contribution is -1.93. The van der Waals surface area contributed by atoms with Crippen LogP contribution in [0.5, 0.6) is 0 Å². The number of nitrogens with two attached hydrogens (primary N) is 1. The van der Waals surface area contributed by atoms with Crippen LogP contribution in [0.3, 0.4) is 0 Å². The molecule has 0 aliphatic rings. The number of unbranched alkanes of at least 4 members (excludes halogenated alkanes) is 1. The number of nitrogens with one attached hydrogen (secondary N) is 1. The molecule has 108 valence electrons. The van der Waals surface area contributed by atoms with Crippen molar-refractivity contribution in [2.24, 2.45) is 11.7 Å². The molecule has 0 amide bonds. The van der Waals surface area contributed by atoms with Gasteiger partial charge in [-0.1, -0.05) is 60.8 Å². The lowest BCUT2D eigenvalue weighted by atomic mass is 10.1. The van der Waals surface area contributed by atoms with Crippen molar-refractivity contribution in [1.29, 1.82) is 5.41 Å². The van der Waals surface area contributed by atoms with E-state index >= 15 is 0 Å². The van der Waals surface area contributed by atoms with Crippen molar-refractivity contribution in [3.05, 3.63) is 0 Å². The third kappa shape index (κ3) is 135. The predicted octanol–water partition coefficient (Wildman–Crippen LogP) is 5.26. The average Bonchev–Trinajstić information content (AvgIpc) is 2.28. The summed E-state index contributed by atoms with van der Waals surface area (Å²) in [4.78, 5) is 0. The number of hydrogen-bond acceptors (Lipinski definition) is 2. The van der Waals surface area contributed by atoms with Gasteiger partial charge < -0.3 is 11.1 Å². The molecule has 0 bridgehead atoms. The maximum absolute atomic E-state index is 6.50. The van der Waals surface area contributed by atoms with Crippen LogP contribution in [0.25, 0.3) is 0 Å². The quantitative estimate of drug-likeness (QED) is 0.653. The first kappa shape index (κ1) is 25.5. The Kier molecular flexibility index (Phi) is 44.4. The molecule has 0 spiro atoms. The molecule has 3 N–H and O–H groups in total. The van der Waals surface area contributed by atoms with Gasteiger partial charge in [0.2, 0.25) is 0 Å². The fourth-order valence-corrected chi connectivity index (χ4v) is 0.612. The van der Waals surface area contributed by atoms with E-state index < -0.39 is 0 Å². The predicted molar refractivity (Wildman–Crippen MR) is 84.1 cm³/mol.